The van der Waals surface area contributed by atoms with Crippen molar-refractivity contribution in [3.63, 3.8) is 0 Å². The van der Waals surface area contributed by atoms with Gasteiger partial charge in [0.1, 0.15) is 6.10 Å². The second-order valence-electron chi connectivity index (χ2n) is 5.24. The number of aliphatic hydroxyl groups excluding tert-OH is 1. The average molecular weight is 387 g/mol. The molecule has 0 saturated carbocycles. The van der Waals surface area contributed by atoms with Crippen LogP contribution in [-0.4, -0.2) is 33.5 Å². The Bertz CT molecular complexity index is 711. The second kappa shape index (κ2) is 8.74. The largest absolute Gasteiger partial charge is 0.493 e. The van der Waals surface area contributed by atoms with E-state index in [9.17, 15) is 5.11 Å². The van der Waals surface area contributed by atoms with Gasteiger partial charge in [0.05, 0.1) is 14.2 Å². The first-order chi connectivity index (χ1) is 11.9. The number of halogens is 2. The number of rotatable bonds is 7. The molecule has 136 valence electrons. The monoisotopic (exact) mass is 386 g/mol. The van der Waals surface area contributed by atoms with Gasteiger partial charge in [-0.25, -0.2) is 0 Å². The van der Waals surface area contributed by atoms with E-state index >= 15 is 0 Å². The Labute approximate surface area is 157 Å². The summed E-state index contributed by atoms with van der Waals surface area (Å²) < 4.78 is 21.4. The van der Waals surface area contributed by atoms with Crippen LogP contribution in [-0.2, 0) is 9.47 Å². The molecule has 0 aliphatic heterocycles. The predicted molar refractivity (Wildman–Crippen MR) is 96.8 cm³/mol. The lowest BCUT2D eigenvalue weighted by Gasteiger charge is -2.23. The van der Waals surface area contributed by atoms with Gasteiger partial charge in [-0.05, 0) is 41.5 Å². The number of ether oxygens (including phenoxy) is 4. The van der Waals surface area contributed by atoms with E-state index in [4.69, 9.17) is 42.1 Å². The minimum Gasteiger partial charge on any atom is -0.493 e. The highest BCUT2D eigenvalue weighted by atomic mass is 35.5. The Morgan fingerprint density at radius 1 is 0.760 bits per heavy atom. The van der Waals surface area contributed by atoms with Crippen LogP contribution in [0.4, 0.5) is 0 Å². The Balaban J connectivity index is 2.63. The lowest BCUT2D eigenvalue weighted by atomic mass is 9.95. The first-order valence-electron chi connectivity index (χ1n) is 7.40. The van der Waals surface area contributed by atoms with Gasteiger partial charge in [0.15, 0.2) is 17.8 Å². The molecule has 1 atom stereocenters. The summed E-state index contributed by atoms with van der Waals surface area (Å²) in [5, 5.41) is 11.8. The molecule has 0 aliphatic carbocycles. The van der Waals surface area contributed by atoms with E-state index in [2.05, 4.69) is 0 Å². The highest BCUT2D eigenvalue weighted by molar-refractivity contribution is 6.34. The van der Waals surface area contributed by atoms with Gasteiger partial charge in [-0.2, -0.15) is 0 Å². The Hall–Kier alpha value is -1.50. The topological polar surface area (TPSA) is 57.2 Å². The highest BCUT2D eigenvalue weighted by Gasteiger charge is 2.24. The fraction of sp³-hybridized carbons (Fsp3) is 0.333. The third kappa shape index (κ3) is 4.37. The van der Waals surface area contributed by atoms with E-state index in [0.717, 1.165) is 0 Å². The molecule has 2 aromatic rings. The molecule has 25 heavy (non-hydrogen) atoms. The summed E-state index contributed by atoms with van der Waals surface area (Å²) in [6.45, 7) is 0. The van der Waals surface area contributed by atoms with Crippen molar-refractivity contribution in [2.75, 3.05) is 28.4 Å². The van der Waals surface area contributed by atoms with Crippen molar-refractivity contribution < 1.29 is 24.1 Å². The van der Waals surface area contributed by atoms with Crippen molar-refractivity contribution in [1.29, 1.82) is 0 Å². The summed E-state index contributed by atoms with van der Waals surface area (Å²) >= 11 is 12.1. The van der Waals surface area contributed by atoms with Gasteiger partial charge in [0.2, 0.25) is 0 Å². The van der Waals surface area contributed by atoms with Crippen LogP contribution in [0.1, 0.15) is 29.1 Å². The standard InChI is InChI=1S/C18H20Cl2O5/c1-22-15-8-13(14(9-16(15)23-2)18(24-3)25-4)17(21)10-5-11(19)7-12(20)6-10/h5-9,17-18,21H,1-4H3. The predicted octanol–water partition coefficient (Wildman–Crippen LogP) is 4.38. The number of hydrogen-bond acceptors (Lipinski definition) is 5. The van der Waals surface area contributed by atoms with E-state index in [1.165, 1.54) is 28.4 Å². The van der Waals surface area contributed by atoms with Gasteiger partial charge < -0.3 is 24.1 Å². The molecule has 0 radical (unpaired) electrons. The van der Waals surface area contributed by atoms with Gasteiger partial charge in [0, 0.05) is 29.8 Å². The molecule has 0 aromatic heterocycles. The van der Waals surface area contributed by atoms with E-state index in [1.54, 1.807) is 30.3 Å². The van der Waals surface area contributed by atoms with Crippen molar-refractivity contribution in [2.45, 2.75) is 12.4 Å². The molecule has 1 unspecified atom stereocenters. The molecule has 1 N–H and O–H groups in total. The summed E-state index contributed by atoms with van der Waals surface area (Å²) in [6.07, 6.45) is -1.71. The molecule has 0 spiro atoms. The van der Waals surface area contributed by atoms with Gasteiger partial charge >= 0.3 is 0 Å². The maximum absolute atomic E-state index is 10.9. The van der Waals surface area contributed by atoms with E-state index in [0.29, 0.717) is 38.2 Å². The summed E-state index contributed by atoms with van der Waals surface area (Å²) in [5.74, 6) is 0.969. The normalized spacial score (nSPS) is 12.3. The van der Waals surface area contributed by atoms with Crippen LogP contribution in [0.5, 0.6) is 11.5 Å². The first-order valence-corrected chi connectivity index (χ1v) is 8.16. The lowest BCUT2D eigenvalue weighted by Crippen LogP contribution is -2.12. The maximum Gasteiger partial charge on any atom is 0.183 e. The SMILES string of the molecule is COc1cc(C(OC)OC)c(C(O)c2cc(Cl)cc(Cl)c2)cc1OC. The van der Waals surface area contributed by atoms with E-state index < -0.39 is 12.4 Å². The third-order valence-corrected chi connectivity index (χ3v) is 4.20. The fourth-order valence-corrected chi connectivity index (χ4v) is 3.16. The van der Waals surface area contributed by atoms with Gasteiger partial charge in [-0.15, -0.1) is 0 Å². The summed E-state index contributed by atoms with van der Waals surface area (Å²) in [4.78, 5) is 0. The molecular formula is C18H20Cl2O5. The zero-order valence-electron chi connectivity index (χ0n) is 14.4. The van der Waals surface area contributed by atoms with Crippen LogP contribution in [0.3, 0.4) is 0 Å². The number of hydrogen-bond donors (Lipinski definition) is 1. The number of benzene rings is 2. The fourth-order valence-electron chi connectivity index (χ4n) is 2.61. The second-order valence-corrected chi connectivity index (χ2v) is 6.12. The zero-order valence-corrected chi connectivity index (χ0v) is 15.9. The van der Waals surface area contributed by atoms with E-state index in [-0.39, 0.29) is 0 Å². The summed E-state index contributed by atoms with van der Waals surface area (Å²) in [7, 11) is 6.08. The quantitative estimate of drug-likeness (QED) is 0.715. The summed E-state index contributed by atoms with van der Waals surface area (Å²) in [6, 6.07) is 8.28. The van der Waals surface area contributed by atoms with Crippen LogP contribution in [0.2, 0.25) is 10.0 Å². The molecule has 2 rings (SSSR count). The molecule has 0 aliphatic rings. The molecule has 7 heteroatoms. The van der Waals surface area contributed by atoms with Crippen LogP contribution >= 0.6 is 23.2 Å². The molecule has 0 saturated heterocycles. The molecule has 0 amide bonds. The molecule has 0 bridgehead atoms. The van der Waals surface area contributed by atoms with Gasteiger partial charge in [-0.3, -0.25) is 0 Å². The Kier molecular flexibility index (Phi) is 6.93. The highest BCUT2D eigenvalue weighted by Crippen LogP contribution is 2.39. The lowest BCUT2D eigenvalue weighted by molar-refractivity contribution is -0.107. The van der Waals surface area contributed by atoms with Crippen LogP contribution in [0.15, 0.2) is 30.3 Å². The Morgan fingerprint density at radius 3 is 1.68 bits per heavy atom. The van der Waals surface area contributed by atoms with Crippen molar-refractivity contribution in [3.8, 4) is 11.5 Å². The van der Waals surface area contributed by atoms with Crippen LogP contribution in [0.25, 0.3) is 0 Å². The Morgan fingerprint density at radius 2 is 1.24 bits per heavy atom. The molecular weight excluding hydrogens is 367 g/mol. The van der Waals surface area contributed by atoms with Gasteiger partial charge in [0.25, 0.3) is 0 Å². The van der Waals surface area contributed by atoms with Crippen LogP contribution in [0, 0.1) is 0 Å². The van der Waals surface area contributed by atoms with Crippen molar-refractivity contribution in [3.05, 3.63) is 57.1 Å². The van der Waals surface area contributed by atoms with Crippen molar-refractivity contribution >= 4 is 23.2 Å². The molecule has 0 heterocycles. The third-order valence-electron chi connectivity index (χ3n) is 3.77. The van der Waals surface area contributed by atoms with Crippen molar-refractivity contribution in [2.24, 2.45) is 0 Å². The molecule has 2 aromatic carbocycles. The number of methoxy groups -OCH3 is 4. The summed E-state index contributed by atoms with van der Waals surface area (Å²) in [5.41, 5.74) is 1.67. The molecule has 5 nitrogen and oxygen atoms in total. The zero-order chi connectivity index (χ0) is 18.6. The molecule has 0 fully saturated rings. The number of aliphatic hydroxyl groups is 1. The van der Waals surface area contributed by atoms with E-state index in [1.807, 2.05) is 0 Å². The minimum absolute atomic E-state index is 0.429. The smallest absolute Gasteiger partial charge is 0.183 e. The minimum atomic E-state index is -1.01. The maximum atomic E-state index is 10.9. The van der Waals surface area contributed by atoms with Crippen LogP contribution < -0.4 is 9.47 Å². The van der Waals surface area contributed by atoms with Gasteiger partial charge in [-0.1, -0.05) is 23.2 Å². The van der Waals surface area contributed by atoms with Crippen molar-refractivity contribution in [1.82, 2.24) is 0 Å². The average Bonchev–Trinajstić information content (AvgIpc) is 2.60. The first kappa shape index (κ1) is 19.8.